The fourth-order valence-corrected chi connectivity index (χ4v) is 2.34. The third-order valence-corrected chi connectivity index (χ3v) is 3.36. The molecule has 18 heavy (non-hydrogen) atoms. The minimum absolute atomic E-state index is 0.341. The summed E-state index contributed by atoms with van der Waals surface area (Å²) in [6.07, 6.45) is 5.12. The first-order valence-electron chi connectivity index (χ1n) is 5.58. The van der Waals surface area contributed by atoms with E-state index in [-0.39, 0.29) is 0 Å². The molecule has 4 heteroatoms. The number of aromatic nitrogens is 1. The van der Waals surface area contributed by atoms with Gasteiger partial charge in [0.15, 0.2) is 0 Å². The Labute approximate surface area is 111 Å². The van der Waals surface area contributed by atoms with E-state index < -0.39 is 0 Å². The van der Waals surface area contributed by atoms with Gasteiger partial charge in [0.2, 0.25) is 0 Å². The van der Waals surface area contributed by atoms with Crippen LogP contribution in [0.5, 0.6) is 0 Å². The molecule has 92 valence electrons. The molecule has 3 nitrogen and oxygen atoms in total. The Morgan fingerprint density at radius 1 is 1.33 bits per heavy atom. The van der Waals surface area contributed by atoms with Crippen molar-refractivity contribution in [3.05, 3.63) is 40.9 Å². The van der Waals surface area contributed by atoms with Crippen molar-refractivity contribution in [3.63, 3.8) is 0 Å². The summed E-state index contributed by atoms with van der Waals surface area (Å²) >= 11 is 1.61. The Balaban J connectivity index is 2.05. The van der Waals surface area contributed by atoms with Gasteiger partial charge in [0, 0.05) is 17.5 Å². The standard InChI is InChI=1S/C14H14N2OS/c1-2-7-17-9-11-3-5-12(6-4-11)14-16-13(8-15)10-18-14/h1,3-6,10H,7-9,15H2. The summed E-state index contributed by atoms with van der Waals surface area (Å²) < 4.78 is 5.27. The first kappa shape index (κ1) is 12.8. The summed E-state index contributed by atoms with van der Waals surface area (Å²) in [5.74, 6) is 2.44. The lowest BCUT2D eigenvalue weighted by atomic mass is 10.1. The topological polar surface area (TPSA) is 48.1 Å². The highest BCUT2D eigenvalue weighted by molar-refractivity contribution is 7.13. The average Bonchev–Trinajstić information content (AvgIpc) is 2.89. The van der Waals surface area contributed by atoms with Crippen molar-refractivity contribution in [1.29, 1.82) is 0 Å². The van der Waals surface area contributed by atoms with Crippen molar-refractivity contribution < 1.29 is 4.74 Å². The summed E-state index contributed by atoms with van der Waals surface area (Å²) in [6.45, 7) is 1.36. The number of hydrogen-bond donors (Lipinski definition) is 1. The molecule has 0 saturated heterocycles. The van der Waals surface area contributed by atoms with Crippen LogP contribution in [0.4, 0.5) is 0 Å². The number of rotatable bonds is 5. The van der Waals surface area contributed by atoms with Crippen LogP contribution in [0.3, 0.4) is 0 Å². The Bertz CT molecular complexity index is 540. The molecule has 2 aromatic rings. The van der Waals surface area contributed by atoms with Crippen LogP contribution in [0.15, 0.2) is 29.6 Å². The summed E-state index contributed by atoms with van der Waals surface area (Å²) in [4.78, 5) is 4.44. The van der Waals surface area contributed by atoms with E-state index in [4.69, 9.17) is 16.9 Å². The minimum Gasteiger partial charge on any atom is -0.364 e. The Kier molecular flexibility index (Phi) is 4.48. The molecule has 0 spiro atoms. The Morgan fingerprint density at radius 3 is 2.72 bits per heavy atom. The molecule has 1 aromatic heterocycles. The van der Waals surface area contributed by atoms with Gasteiger partial charge in [-0.25, -0.2) is 4.98 Å². The summed E-state index contributed by atoms with van der Waals surface area (Å²) in [7, 11) is 0. The maximum absolute atomic E-state index is 5.54. The highest BCUT2D eigenvalue weighted by Gasteiger charge is 2.03. The number of nitrogens with zero attached hydrogens (tertiary/aromatic N) is 1. The first-order chi connectivity index (χ1) is 8.83. The lowest BCUT2D eigenvalue weighted by Gasteiger charge is -2.02. The number of thiazole rings is 1. The SMILES string of the molecule is C#CCOCc1ccc(-c2nc(CN)cs2)cc1. The van der Waals surface area contributed by atoms with Crippen molar-refractivity contribution in [2.45, 2.75) is 13.2 Å². The molecule has 0 saturated carbocycles. The molecule has 0 unspecified atom stereocenters. The molecule has 2 N–H and O–H groups in total. The van der Waals surface area contributed by atoms with E-state index >= 15 is 0 Å². The average molecular weight is 258 g/mol. The molecule has 1 aromatic carbocycles. The monoisotopic (exact) mass is 258 g/mol. The van der Waals surface area contributed by atoms with E-state index in [1.54, 1.807) is 11.3 Å². The van der Waals surface area contributed by atoms with E-state index in [0.717, 1.165) is 21.8 Å². The fraction of sp³-hybridized carbons (Fsp3) is 0.214. The van der Waals surface area contributed by atoms with Gasteiger partial charge in [-0.2, -0.15) is 0 Å². The van der Waals surface area contributed by atoms with E-state index in [9.17, 15) is 0 Å². The molecule has 2 rings (SSSR count). The molecule has 0 fully saturated rings. The quantitative estimate of drug-likeness (QED) is 0.662. The number of hydrogen-bond acceptors (Lipinski definition) is 4. The molecule has 0 amide bonds. The number of terminal acetylenes is 1. The first-order valence-corrected chi connectivity index (χ1v) is 6.46. The molecule has 0 bridgehead atoms. The predicted octanol–water partition coefficient (Wildman–Crippen LogP) is 2.42. The second-order valence-electron chi connectivity index (χ2n) is 3.74. The smallest absolute Gasteiger partial charge is 0.123 e. The van der Waals surface area contributed by atoms with Gasteiger partial charge in [-0.3, -0.25) is 0 Å². The maximum Gasteiger partial charge on any atom is 0.123 e. The molecular formula is C14H14N2OS. The molecule has 0 aliphatic rings. The summed E-state index contributed by atoms with van der Waals surface area (Å²) in [5.41, 5.74) is 8.67. The van der Waals surface area contributed by atoms with Crippen molar-refractivity contribution in [2.75, 3.05) is 6.61 Å². The zero-order valence-corrected chi connectivity index (χ0v) is 10.7. The number of benzene rings is 1. The minimum atomic E-state index is 0.341. The Hall–Kier alpha value is -1.67. The van der Waals surface area contributed by atoms with E-state index in [1.165, 1.54) is 0 Å². The molecular weight excluding hydrogens is 244 g/mol. The lowest BCUT2D eigenvalue weighted by Crippen LogP contribution is -1.95. The van der Waals surface area contributed by atoms with Crippen LogP contribution in [0.2, 0.25) is 0 Å². The highest BCUT2D eigenvalue weighted by atomic mass is 32.1. The van der Waals surface area contributed by atoms with E-state index in [0.29, 0.717) is 19.8 Å². The summed E-state index contributed by atoms with van der Waals surface area (Å²) in [5, 5.41) is 2.98. The number of nitrogens with two attached hydrogens (primary N) is 1. The van der Waals surface area contributed by atoms with Crippen molar-refractivity contribution >= 4 is 11.3 Å². The highest BCUT2D eigenvalue weighted by Crippen LogP contribution is 2.23. The van der Waals surface area contributed by atoms with Crippen LogP contribution >= 0.6 is 11.3 Å². The van der Waals surface area contributed by atoms with Crippen molar-refractivity contribution in [1.82, 2.24) is 4.98 Å². The molecule has 0 aliphatic heterocycles. The van der Waals surface area contributed by atoms with Gasteiger partial charge in [0.05, 0.1) is 12.3 Å². The van der Waals surface area contributed by atoms with Gasteiger partial charge in [-0.1, -0.05) is 30.2 Å². The van der Waals surface area contributed by atoms with Crippen LogP contribution in [0.1, 0.15) is 11.3 Å². The molecule has 1 heterocycles. The van der Waals surface area contributed by atoms with Gasteiger partial charge in [-0.05, 0) is 5.56 Å². The van der Waals surface area contributed by atoms with Gasteiger partial charge < -0.3 is 10.5 Å². The van der Waals surface area contributed by atoms with Crippen molar-refractivity contribution in [3.8, 4) is 22.9 Å². The van der Waals surface area contributed by atoms with Crippen molar-refractivity contribution in [2.24, 2.45) is 5.73 Å². The fourth-order valence-electron chi connectivity index (χ4n) is 1.50. The third-order valence-electron chi connectivity index (χ3n) is 2.42. The van der Waals surface area contributed by atoms with Crippen LogP contribution in [0, 0.1) is 12.3 Å². The van der Waals surface area contributed by atoms with Crippen LogP contribution in [-0.2, 0) is 17.9 Å². The maximum atomic E-state index is 5.54. The largest absolute Gasteiger partial charge is 0.364 e. The van der Waals surface area contributed by atoms with Gasteiger partial charge in [0.1, 0.15) is 11.6 Å². The van der Waals surface area contributed by atoms with Gasteiger partial charge >= 0.3 is 0 Å². The molecule has 0 atom stereocenters. The molecule has 0 aliphatic carbocycles. The van der Waals surface area contributed by atoms with Crippen LogP contribution in [-0.4, -0.2) is 11.6 Å². The van der Waals surface area contributed by atoms with E-state index in [2.05, 4.69) is 10.9 Å². The van der Waals surface area contributed by atoms with E-state index in [1.807, 2.05) is 29.6 Å². The lowest BCUT2D eigenvalue weighted by molar-refractivity contribution is 0.153. The van der Waals surface area contributed by atoms with Gasteiger partial charge in [0.25, 0.3) is 0 Å². The Morgan fingerprint density at radius 2 is 2.11 bits per heavy atom. The molecule has 0 radical (unpaired) electrons. The van der Waals surface area contributed by atoms with Crippen LogP contribution in [0.25, 0.3) is 10.6 Å². The second-order valence-corrected chi connectivity index (χ2v) is 4.60. The van der Waals surface area contributed by atoms with Gasteiger partial charge in [-0.15, -0.1) is 17.8 Å². The normalized spacial score (nSPS) is 10.2. The zero-order valence-electron chi connectivity index (χ0n) is 9.93. The zero-order chi connectivity index (χ0) is 12.8. The second kappa shape index (κ2) is 6.31. The third kappa shape index (κ3) is 3.17. The van der Waals surface area contributed by atoms with Crippen LogP contribution < -0.4 is 5.73 Å². The number of ether oxygens (including phenoxy) is 1. The summed E-state index contributed by atoms with van der Waals surface area (Å²) in [6, 6.07) is 8.12. The predicted molar refractivity (Wildman–Crippen MR) is 73.9 cm³/mol.